The van der Waals surface area contributed by atoms with Gasteiger partial charge in [0.25, 0.3) is 0 Å². The number of aryl methyl sites for hydroxylation is 1. The van der Waals surface area contributed by atoms with Crippen molar-refractivity contribution in [2.45, 2.75) is 38.3 Å². The fourth-order valence-electron chi connectivity index (χ4n) is 2.41. The zero-order chi connectivity index (χ0) is 10.4. The first kappa shape index (κ1) is 9.22. The molecule has 0 saturated heterocycles. The second-order valence-electron chi connectivity index (χ2n) is 4.88. The maximum Gasteiger partial charge on any atom is 0.124 e. The Bertz CT molecular complexity index is 384. The van der Waals surface area contributed by atoms with Crippen molar-refractivity contribution >= 4 is 0 Å². The van der Waals surface area contributed by atoms with Gasteiger partial charge in [0, 0.05) is 18.0 Å². The molecule has 0 aromatic heterocycles. The average Bonchev–Trinajstić information content (AvgIpc) is 3.02. The van der Waals surface area contributed by atoms with Crippen LogP contribution in [0.2, 0.25) is 0 Å². The maximum atomic E-state index is 6.19. The summed E-state index contributed by atoms with van der Waals surface area (Å²) in [7, 11) is 0. The molecule has 2 aliphatic rings. The minimum Gasteiger partial charge on any atom is -0.490 e. The summed E-state index contributed by atoms with van der Waals surface area (Å²) in [6.45, 7) is 2.10. The zero-order valence-corrected chi connectivity index (χ0v) is 9.07. The third-order valence-corrected chi connectivity index (χ3v) is 3.48. The number of hydrogen-bond acceptors (Lipinski definition) is 2. The Morgan fingerprint density at radius 3 is 2.87 bits per heavy atom. The number of benzene rings is 1. The molecule has 0 amide bonds. The van der Waals surface area contributed by atoms with Crippen molar-refractivity contribution in [2.75, 3.05) is 0 Å². The lowest BCUT2D eigenvalue weighted by Crippen LogP contribution is -2.31. The van der Waals surface area contributed by atoms with Gasteiger partial charge in [-0.2, -0.15) is 0 Å². The topological polar surface area (TPSA) is 35.2 Å². The van der Waals surface area contributed by atoms with Crippen LogP contribution in [0, 0.1) is 12.8 Å². The first-order valence-electron chi connectivity index (χ1n) is 5.77. The van der Waals surface area contributed by atoms with E-state index in [4.69, 9.17) is 10.5 Å². The largest absolute Gasteiger partial charge is 0.490 e. The molecular formula is C13H17NO. The summed E-state index contributed by atoms with van der Waals surface area (Å²) < 4.78 is 6.00. The van der Waals surface area contributed by atoms with Gasteiger partial charge in [-0.05, 0) is 31.7 Å². The molecular weight excluding hydrogens is 186 g/mol. The molecule has 0 spiro atoms. The highest BCUT2D eigenvalue weighted by Gasteiger charge is 2.37. The van der Waals surface area contributed by atoms with Crippen LogP contribution in [0.3, 0.4) is 0 Å². The lowest BCUT2D eigenvalue weighted by atomic mass is 9.94. The van der Waals surface area contributed by atoms with Crippen molar-refractivity contribution in [1.82, 2.24) is 0 Å². The molecule has 1 fully saturated rings. The fourth-order valence-corrected chi connectivity index (χ4v) is 2.41. The first-order valence-corrected chi connectivity index (χ1v) is 5.77. The van der Waals surface area contributed by atoms with E-state index in [1.165, 1.54) is 24.0 Å². The standard InChI is InChI=1S/C13H17NO/c1-8-2-5-12-10(6-8)11(14)7-13(15-12)9-3-4-9/h2,5-6,9,11,13H,3-4,7,14H2,1H3/t11-,13?/m1/s1. The van der Waals surface area contributed by atoms with Crippen molar-refractivity contribution < 1.29 is 4.74 Å². The number of ether oxygens (including phenoxy) is 1. The highest BCUT2D eigenvalue weighted by atomic mass is 16.5. The van der Waals surface area contributed by atoms with Gasteiger partial charge in [-0.15, -0.1) is 0 Å². The molecule has 1 aromatic carbocycles. The summed E-state index contributed by atoms with van der Waals surface area (Å²) in [5, 5.41) is 0. The molecule has 1 aliphatic heterocycles. The lowest BCUT2D eigenvalue weighted by Gasteiger charge is -2.30. The van der Waals surface area contributed by atoms with Gasteiger partial charge in [0.2, 0.25) is 0 Å². The highest BCUT2D eigenvalue weighted by Crippen LogP contribution is 2.43. The molecule has 15 heavy (non-hydrogen) atoms. The van der Waals surface area contributed by atoms with E-state index in [9.17, 15) is 0 Å². The zero-order valence-electron chi connectivity index (χ0n) is 9.07. The average molecular weight is 203 g/mol. The molecule has 1 saturated carbocycles. The van der Waals surface area contributed by atoms with Crippen molar-refractivity contribution in [1.29, 1.82) is 0 Å². The normalized spacial score (nSPS) is 29.5. The Morgan fingerprint density at radius 1 is 1.33 bits per heavy atom. The van der Waals surface area contributed by atoms with Crippen LogP contribution < -0.4 is 10.5 Å². The van der Waals surface area contributed by atoms with Gasteiger partial charge in [0.1, 0.15) is 11.9 Å². The summed E-state index contributed by atoms with van der Waals surface area (Å²) >= 11 is 0. The molecule has 2 nitrogen and oxygen atoms in total. The van der Waals surface area contributed by atoms with Crippen LogP contribution in [0.25, 0.3) is 0 Å². The van der Waals surface area contributed by atoms with E-state index in [2.05, 4.69) is 25.1 Å². The molecule has 3 rings (SSSR count). The first-order chi connectivity index (χ1) is 7.24. The molecule has 1 heterocycles. The van der Waals surface area contributed by atoms with Crippen LogP contribution in [-0.4, -0.2) is 6.10 Å². The summed E-state index contributed by atoms with van der Waals surface area (Å²) in [5.41, 5.74) is 8.64. The molecule has 0 radical (unpaired) electrons. The van der Waals surface area contributed by atoms with E-state index in [1.54, 1.807) is 0 Å². The third kappa shape index (κ3) is 1.63. The second-order valence-corrected chi connectivity index (χ2v) is 4.88. The highest BCUT2D eigenvalue weighted by molar-refractivity contribution is 5.40. The Morgan fingerprint density at radius 2 is 2.13 bits per heavy atom. The number of fused-ring (bicyclic) bond motifs is 1. The summed E-state index contributed by atoms with van der Waals surface area (Å²) in [5.74, 6) is 1.78. The van der Waals surface area contributed by atoms with Crippen molar-refractivity contribution in [2.24, 2.45) is 11.7 Å². The number of hydrogen-bond donors (Lipinski definition) is 1. The van der Waals surface area contributed by atoms with E-state index in [-0.39, 0.29) is 6.04 Å². The predicted octanol–water partition coefficient (Wildman–Crippen LogP) is 2.56. The van der Waals surface area contributed by atoms with Crippen molar-refractivity contribution in [3.63, 3.8) is 0 Å². The molecule has 1 aromatic rings. The smallest absolute Gasteiger partial charge is 0.124 e. The van der Waals surface area contributed by atoms with Gasteiger partial charge in [-0.3, -0.25) is 0 Å². The fraction of sp³-hybridized carbons (Fsp3) is 0.538. The van der Waals surface area contributed by atoms with Crippen LogP contribution in [0.5, 0.6) is 5.75 Å². The quantitative estimate of drug-likeness (QED) is 0.761. The van der Waals surface area contributed by atoms with Gasteiger partial charge in [0.05, 0.1) is 0 Å². The van der Waals surface area contributed by atoms with Crippen molar-refractivity contribution in [3.8, 4) is 5.75 Å². The number of rotatable bonds is 1. The maximum absolute atomic E-state index is 6.19. The Hall–Kier alpha value is -1.02. The summed E-state index contributed by atoms with van der Waals surface area (Å²) in [6.07, 6.45) is 3.99. The monoisotopic (exact) mass is 203 g/mol. The predicted molar refractivity (Wildman–Crippen MR) is 59.9 cm³/mol. The molecule has 0 bridgehead atoms. The van der Waals surface area contributed by atoms with Crippen molar-refractivity contribution in [3.05, 3.63) is 29.3 Å². The molecule has 1 aliphatic carbocycles. The Balaban J connectivity index is 1.93. The SMILES string of the molecule is Cc1ccc2c(c1)[C@H](N)CC(C1CC1)O2. The molecule has 2 heteroatoms. The van der Waals surface area contributed by atoms with Gasteiger partial charge in [-0.1, -0.05) is 17.7 Å². The molecule has 2 atom stereocenters. The Labute approximate surface area is 90.4 Å². The van der Waals surface area contributed by atoms with Crippen LogP contribution in [0.1, 0.15) is 36.4 Å². The van der Waals surface area contributed by atoms with E-state index in [0.29, 0.717) is 6.10 Å². The van der Waals surface area contributed by atoms with Gasteiger partial charge < -0.3 is 10.5 Å². The minimum atomic E-state index is 0.166. The summed E-state index contributed by atoms with van der Waals surface area (Å²) in [6, 6.07) is 6.49. The van der Waals surface area contributed by atoms with Crippen LogP contribution in [0.15, 0.2) is 18.2 Å². The van der Waals surface area contributed by atoms with Gasteiger partial charge >= 0.3 is 0 Å². The molecule has 80 valence electrons. The number of nitrogens with two attached hydrogens (primary N) is 1. The Kier molecular flexibility index (Phi) is 1.99. The van der Waals surface area contributed by atoms with Crippen LogP contribution in [0.4, 0.5) is 0 Å². The third-order valence-electron chi connectivity index (χ3n) is 3.48. The lowest BCUT2D eigenvalue weighted by molar-refractivity contribution is 0.138. The van der Waals surface area contributed by atoms with E-state index >= 15 is 0 Å². The summed E-state index contributed by atoms with van der Waals surface area (Å²) in [4.78, 5) is 0. The van der Waals surface area contributed by atoms with E-state index in [0.717, 1.165) is 18.1 Å². The van der Waals surface area contributed by atoms with E-state index in [1.807, 2.05) is 0 Å². The van der Waals surface area contributed by atoms with Gasteiger partial charge in [-0.25, -0.2) is 0 Å². The van der Waals surface area contributed by atoms with Crippen LogP contribution in [-0.2, 0) is 0 Å². The molecule has 2 N–H and O–H groups in total. The van der Waals surface area contributed by atoms with Crippen LogP contribution >= 0.6 is 0 Å². The van der Waals surface area contributed by atoms with E-state index < -0.39 is 0 Å². The second kappa shape index (κ2) is 3.24. The van der Waals surface area contributed by atoms with Gasteiger partial charge in [0.15, 0.2) is 0 Å². The minimum absolute atomic E-state index is 0.166. The molecule has 1 unspecified atom stereocenters.